The first kappa shape index (κ1) is 18.2. The van der Waals surface area contributed by atoms with Crippen molar-refractivity contribution in [2.24, 2.45) is 0 Å². The van der Waals surface area contributed by atoms with E-state index in [-0.39, 0.29) is 5.91 Å². The van der Waals surface area contributed by atoms with Crippen molar-refractivity contribution in [2.75, 3.05) is 44.8 Å². The lowest BCUT2D eigenvalue weighted by Crippen LogP contribution is -3.27. The molecule has 4 heterocycles. The maximum absolute atomic E-state index is 12.3. The van der Waals surface area contributed by atoms with Crippen LogP contribution in [-0.4, -0.2) is 56.5 Å². The zero-order valence-corrected chi connectivity index (χ0v) is 16.3. The lowest BCUT2D eigenvalue weighted by Gasteiger charge is -2.31. The molecule has 1 saturated heterocycles. The lowest BCUT2D eigenvalue weighted by molar-refractivity contribution is -1.02. The number of aromatic nitrogens is 1. The molecule has 0 bridgehead atoms. The van der Waals surface area contributed by atoms with Crippen molar-refractivity contribution in [3.63, 3.8) is 0 Å². The summed E-state index contributed by atoms with van der Waals surface area (Å²) in [6, 6.07) is 9.90. The summed E-state index contributed by atoms with van der Waals surface area (Å²) in [6.45, 7) is 6.70. The second kappa shape index (κ2) is 7.88. The average molecular weight is 398 g/mol. The van der Waals surface area contributed by atoms with E-state index in [2.05, 4.69) is 22.4 Å². The summed E-state index contributed by atoms with van der Waals surface area (Å²) in [5, 5.41) is 2.84. The van der Waals surface area contributed by atoms with Gasteiger partial charge in [-0.3, -0.25) is 4.79 Å². The van der Waals surface area contributed by atoms with Gasteiger partial charge in [0.1, 0.15) is 32.7 Å². The third kappa shape index (κ3) is 3.99. The minimum absolute atomic E-state index is 0.0948. The fourth-order valence-electron chi connectivity index (χ4n) is 4.23. The van der Waals surface area contributed by atoms with Crippen LogP contribution in [-0.2, 0) is 11.3 Å². The Kier molecular flexibility index (Phi) is 4.95. The Morgan fingerprint density at radius 1 is 1.03 bits per heavy atom. The second-order valence-corrected chi connectivity index (χ2v) is 7.85. The first-order valence-electron chi connectivity index (χ1n) is 10.2. The van der Waals surface area contributed by atoms with Gasteiger partial charge < -0.3 is 29.3 Å². The normalized spacial score (nSPS) is 25.1. The molecule has 29 heavy (non-hydrogen) atoms. The Morgan fingerprint density at radius 2 is 1.86 bits per heavy atom. The van der Waals surface area contributed by atoms with Crippen molar-refractivity contribution >= 4 is 11.7 Å². The standard InChI is InChI=1S/C21H24N4O4/c26-21-18(29-17-2-1-6-22-20(17)23-21)5-7-24-8-10-25(11-9-24)13-15-3-4-16-19(12-15)28-14-27-16/h1-4,6,12,18H,5,7-11,13-14H2,(H,22,23,26)/p+2/t18-/m0/s1. The zero-order valence-electron chi connectivity index (χ0n) is 16.3. The number of hydrogen-bond donors (Lipinski definition) is 3. The number of nitrogens with one attached hydrogen (secondary N) is 3. The summed E-state index contributed by atoms with van der Waals surface area (Å²) < 4.78 is 16.7. The molecule has 3 aliphatic rings. The van der Waals surface area contributed by atoms with Gasteiger partial charge in [-0.2, -0.15) is 0 Å². The molecule has 0 aliphatic carbocycles. The van der Waals surface area contributed by atoms with E-state index < -0.39 is 6.10 Å². The Morgan fingerprint density at radius 3 is 2.76 bits per heavy atom. The van der Waals surface area contributed by atoms with Gasteiger partial charge in [-0.1, -0.05) is 0 Å². The molecule has 8 nitrogen and oxygen atoms in total. The average Bonchev–Trinajstić information content (AvgIpc) is 3.21. The number of anilines is 1. The quantitative estimate of drug-likeness (QED) is 0.595. The summed E-state index contributed by atoms with van der Waals surface area (Å²) in [5.41, 5.74) is 1.28. The fourth-order valence-corrected chi connectivity index (χ4v) is 4.23. The number of quaternary nitrogens is 2. The number of carbonyl (C=O) groups is 1. The molecule has 0 saturated carbocycles. The van der Waals surface area contributed by atoms with Gasteiger partial charge in [0, 0.05) is 18.2 Å². The SMILES string of the molecule is O=C1Nc2ncccc2O[C@H]1CC[NH+]1CC[NH+](Cc2ccc3c(c2)OCO3)CC1. The van der Waals surface area contributed by atoms with Gasteiger partial charge in [0.15, 0.2) is 29.2 Å². The van der Waals surface area contributed by atoms with Gasteiger partial charge >= 0.3 is 0 Å². The number of piperazine rings is 1. The molecule has 0 spiro atoms. The molecule has 1 amide bonds. The zero-order chi connectivity index (χ0) is 19.6. The Balaban J connectivity index is 1.09. The van der Waals surface area contributed by atoms with E-state index >= 15 is 0 Å². The highest BCUT2D eigenvalue weighted by molar-refractivity contribution is 5.96. The summed E-state index contributed by atoms with van der Waals surface area (Å²) in [4.78, 5) is 19.5. The molecule has 1 aromatic carbocycles. The Hall–Kier alpha value is -2.84. The van der Waals surface area contributed by atoms with Crippen LogP contribution in [0.15, 0.2) is 36.5 Å². The largest absolute Gasteiger partial charge is 0.476 e. The van der Waals surface area contributed by atoms with E-state index in [1.807, 2.05) is 18.2 Å². The van der Waals surface area contributed by atoms with Gasteiger partial charge in [-0.15, -0.1) is 0 Å². The van der Waals surface area contributed by atoms with Crippen LogP contribution in [0.5, 0.6) is 17.2 Å². The fraction of sp³-hybridized carbons (Fsp3) is 0.429. The topological polar surface area (TPSA) is 78.6 Å². The third-order valence-corrected chi connectivity index (χ3v) is 5.89. The van der Waals surface area contributed by atoms with Crippen molar-refractivity contribution in [1.29, 1.82) is 0 Å². The molecule has 1 fully saturated rings. The molecule has 3 aliphatic heterocycles. The van der Waals surface area contributed by atoms with E-state index in [0.717, 1.165) is 50.8 Å². The molecule has 1 aromatic heterocycles. The van der Waals surface area contributed by atoms with Gasteiger partial charge in [0.2, 0.25) is 6.79 Å². The van der Waals surface area contributed by atoms with Crippen molar-refractivity contribution < 1.29 is 28.8 Å². The number of pyridine rings is 1. The van der Waals surface area contributed by atoms with Crippen LogP contribution in [0, 0.1) is 0 Å². The molecule has 0 unspecified atom stereocenters. The first-order valence-corrected chi connectivity index (χ1v) is 10.2. The van der Waals surface area contributed by atoms with Crippen molar-refractivity contribution in [3.05, 3.63) is 42.1 Å². The highest BCUT2D eigenvalue weighted by atomic mass is 16.7. The van der Waals surface area contributed by atoms with Crippen LogP contribution in [0.2, 0.25) is 0 Å². The van der Waals surface area contributed by atoms with Crippen molar-refractivity contribution in [1.82, 2.24) is 4.98 Å². The predicted molar refractivity (Wildman–Crippen MR) is 104 cm³/mol. The number of amides is 1. The van der Waals surface area contributed by atoms with E-state index in [0.29, 0.717) is 24.8 Å². The summed E-state index contributed by atoms with van der Waals surface area (Å²) in [5.74, 6) is 2.77. The number of benzene rings is 1. The molecular weight excluding hydrogens is 372 g/mol. The number of nitrogens with zero attached hydrogens (tertiary/aromatic N) is 1. The number of hydrogen-bond acceptors (Lipinski definition) is 5. The van der Waals surface area contributed by atoms with Crippen LogP contribution in [0.1, 0.15) is 12.0 Å². The summed E-state index contributed by atoms with van der Waals surface area (Å²) >= 11 is 0. The molecule has 0 radical (unpaired) electrons. The monoisotopic (exact) mass is 398 g/mol. The highest BCUT2D eigenvalue weighted by Gasteiger charge is 2.31. The van der Waals surface area contributed by atoms with Gasteiger partial charge in [0.25, 0.3) is 5.91 Å². The molecule has 1 atom stereocenters. The first-order chi connectivity index (χ1) is 14.2. The van der Waals surface area contributed by atoms with Gasteiger partial charge in [-0.25, -0.2) is 4.98 Å². The predicted octanol–water partition coefficient (Wildman–Crippen LogP) is -1.12. The van der Waals surface area contributed by atoms with Crippen LogP contribution in [0.25, 0.3) is 0 Å². The highest BCUT2D eigenvalue weighted by Crippen LogP contribution is 2.32. The molecule has 152 valence electrons. The molecule has 5 rings (SSSR count). The maximum atomic E-state index is 12.3. The lowest BCUT2D eigenvalue weighted by atomic mass is 10.1. The number of rotatable bonds is 5. The van der Waals surface area contributed by atoms with Crippen LogP contribution in [0.4, 0.5) is 5.82 Å². The molecular formula is C21H26N4O4+2. The second-order valence-electron chi connectivity index (χ2n) is 7.85. The van der Waals surface area contributed by atoms with Crippen molar-refractivity contribution in [3.8, 4) is 17.2 Å². The maximum Gasteiger partial charge on any atom is 0.266 e. The summed E-state index contributed by atoms with van der Waals surface area (Å²) in [6.07, 6.45) is 1.93. The van der Waals surface area contributed by atoms with Crippen LogP contribution in [0.3, 0.4) is 0 Å². The van der Waals surface area contributed by atoms with Gasteiger partial charge in [0.05, 0.1) is 6.54 Å². The van der Waals surface area contributed by atoms with Crippen LogP contribution >= 0.6 is 0 Å². The van der Waals surface area contributed by atoms with E-state index in [4.69, 9.17) is 14.2 Å². The Bertz CT molecular complexity index is 898. The van der Waals surface area contributed by atoms with Crippen LogP contribution < -0.4 is 29.3 Å². The smallest absolute Gasteiger partial charge is 0.266 e. The van der Waals surface area contributed by atoms with E-state index in [1.54, 1.807) is 11.1 Å². The van der Waals surface area contributed by atoms with E-state index in [9.17, 15) is 4.79 Å². The summed E-state index contributed by atoms with van der Waals surface area (Å²) in [7, 11) is 0. The molecule has 3 N–H and O–H groups in total. The Labute approximate surface area is 169 Å². The minimum atomic E-state index is -0.432. The number of carbonyl (C=O) groups excluding carboxylic acids is 1. The number of fused-ring (bicyclic) bond motifs is 2. The molecule has 2 aromatic rings. The number of ether oxygens (including phenoxy) is 3. The third-order valence-electron chi connectivity index (χ3n) is 5.89. The molecule has 8 heteroatoms. The van der Waals surface area contributed by atoms with E-state index in [1.165, 1.54) is 10.5 Å². The van der Waals surface area contributed by atoms with Gasteiger partial charge in [-0.05, 0) is 30.3 Å². The van der Waals surface area contributed by atoms with Crippen molar-refractivity contribution in [2.45, 2.75) is 19.1 Å². The minimum Gasteiger partial charge on any atom is -0.476 e.